The summed E-state index contributed by atoms with van der Waals surface area (Å²) in [6, 6.07) is -0.188. The van der Waals surface area contributed by atoms with Crippen LogP contribution in [0.25, 0.3) is 0 Å². The van der Waals surface area contributed by atoms with E-state index in [2.05, 4.69) is 34.0 Å². The van der Waals surface area contributed by atoms with Gasteiger partial charge in [-0.2, -0.15) is 0 Å². The summed E-state index contributed by atoms with van der Waals surface area (Å²) in [5.41, 5.74) is 7.04. The first-order chi connectivity index (χ1) is 13.8. The van der Waals surface area contributed by atoms with Crippen molar-refractivity contribution >= 4 is 17.8 Å². The van der Waals surface area contributed by atoms with Crippen molar-refractivity contribution in [1.82, 2.24) is 25.1 Å². The number of rotatable bonds is 3. The quantitative estimate of drug-likeness (QED) is 0.641. The minimum Gasteiger partial charge on any atom is -0.369 e. The average Bonchev–Trinajstić information content (AvgIpc) is 3.02. The maximum absolute atomic E-state index is 13.0. The molecule has 158 valence electrons. The van der Waals surface area contributed by atoms with Crippen molar-refractivity contribution in [2.75, 3.05) is 31.9 Å². The fourth-order valence-corrected chi connectivity index (χ4v) is 5.19. The third-order valence-electron chi connectivity index (χ3n) is 6.87. The van der Waals surface area contributed by atoms with E-state index in [1.807, 2.05) is 4.90 Å². The van der Waals surface area contributed by atoms with Crippen LogP contribution in [0.2, 0.25) is 0 Å². The number of nitrogens with zero attached hydrogens (tertiary/aromatic N) is 3. The molecule has 2 aliphatic heterocycles. The lowest BCUT2D eigenvalue weighted by Gasteiger charge is -2.41. The summed E-state index contributed by atoms with van der Waals surface area (Å²) in [5.74, 6) is 0.116. The summed E-state index contributed by atoms with van der Waals surface area (Å²) in [6.07, 6.45) is 3.32. The zero-order valence-corrected chi connectivity index (χ0v) is 17.2. The molecule has 1 unspecified atom stereocenters. The Morgan fingerprint density at radius 1 is 1.24 bits per heavy atom. The Balaban J connectivity index is 1.44. The Kier molecular flexibility index (Phi) is 5.10. The molecule has 2 saturated heterocycles. The molecule has 0 bridgehead atoms. The topological polar surface area (TPSA) is 124 Å². The third kappa shape index (κ3) is 3.52. The molecule has 0 saturated carbocycles. The summed E-state index contributed by atoms with van der Waals surface area (Å²) < 4.78 is 0. The van der Waals surface area contributed by atoms with Gasteiger partial charge < -0.3 is 16.0 Å². The summed E-state index contributed by atoms with van der Waals surface area (Å²) in [5, 5.41) is 2.88. The van der Waals surface area contributed by atoms with E-state index in [4.69, 9.17) is 5.73 Å². The van der Waals surface area contributed by atoms with Crippen molar-refractivity contribution in [3.8, 4) is 0 Å². The Hall–Kier alpha value is -2.42. The zero-order valence-electron chi connectivity index (χ0n) is 17.2. The molecule has 2 amide bonds. The molecular weight excluding hydrogens is 372 g/mol. The van der Waals surface area contributed by atoms with Gasteiger partial charge in [-0.15, -0.1) is 0 Å². The summed E-state index contributed by atoms with van der Waals surface area (Å²) >= 11 is 0. The maximum atomic E-state index is 13.0. The van der Waals surface area contributed by atoms with Crippen molar-refractivity contribution in [3.05, 3.63) is 21.6 Å². The van der Waals surface area contributed by atoms with Gasteiger partial charge in [0.15, 0.2) is 0 Å². The Morgan fingerprint density at radius 3 is 2.66 bits per heavy atom. The fraction of sp³-hybridized carbons (Fsp3) is 0.700. The van der Waals surface area contributed by atoms with Crippen LogP contribution in [0.3, 0.4) is 0 Å². The number of hydrogen-bond acceptors (Lipinski definition) is 6. The van der Waals surface area contributed by atoms with E-state index >= 15 is 0 Å². The lowest BCUT2D eigenvalue weighted by molar-refractivity contribution is -0.140. The number of piperazine rings is 1. The predicted octanol–water partition coefficient (Wildman–Crippen LogP) is -0.243. The highest BCUT2D eigenvalue weighted by molar-refractivity contribution is 5.89. The summed E-state index contributed by atoms with van der Waals surface area (Å²) in [6.45, 7) is 6.73. The molecule has 4 rings (SSSR count). The normalized spacial score (nSPS) is 24.0. The predicted molar refractivity (Wildman–Crippen MR) is 108 cm³/mol. The molecular formula is C20H30N6O3. The second kappa shape index (κ2) is 7.44. The van der Waals surface area contributed by atoms with Gasteiger partial charge in [-0.05, 0) is 39.5 Å². The van der Waals surface area contributed by atoms with Crippen LogP contribution in [0.4, 0.5) is 5.95 Å². The number of carbonyl (C=O) groups is 2. The van der Waals surface area contributed by atoms with Crippen LogP contribution in [0.1, 0.15) is 50.8 Å². The first kappa shape index (κ1) is 19.9. The van der Waals surface area contributed by atoms with E-state index < -0.39 is 6.04 Å². The third-order valence-corrected chi connectivity index (χ3v) is 6.87. The Bertz CT molecular complexity index is 871. The van der Waals surface area contributed by atoms with Gasteiger partial charge in [-0.3, -0.25) is 24.3 Å². The van der Waals surface area contributed by atoms with Gasteiger partial charge >= 0.3 is 0 Å². The molecule has 3 aliphatic rings. The first-order valence-corrected chi connectivity index (χ1v) is 10.5. The molecule has 3 heterocycles. The Morgan fingerprint density at radius 2 is 1.97 bits per heavy atom. The van der Waals surface area contributed by atoms with Gasteiger partial charge in [0.1, 0.15) is 0 Å². The molecule has 1 spiro atoms. The minimum absolute atomic E-state index is 0.0177. The van der Waals surface area contributed by atoms with Crippen molar-refractivity contribution < 1.29 is 9.59 Å². The lowest BCUT2D eigenvalue weighted by atomic mass is 9.76. The fourth-order valence-electron chi connectivity index (χ4n) is 5.19. The van der Waals surface area contributed by atoms with Crippen LogP contribution in [-0.4, -0.2) is 69.8 Å². The van der Waals surface area contributed by atoms with Crippen LogP contribution in [0.5, 0.6) is 0 Å². The van der Waals surface area contributed by atoms with Crippen LogP contribution in [-0.2, 0) is 21.4 Å². The van der Waals surface area contributed by atoms with Crippen molar-refractivity contribution in [3.63, 3.8) is 0 Å². The molecule has 4 N–H and O–H groups in total. The SMILES string of the molecule is CC(C)N1CCNC(=O)C1CC(=O)N1CCC2(CCc3c2nc(N)[nH]c3=O)CC1. The first-order valence-electron chi connectivity index (χ1n) is 10.5. The van der Waals surface area contributed by atoms with E-state index in [1.54, 1.807) is 0 Å². The molecule has 1 atom stereocenters. The second-order valence-corrected chi connectivity index (χ2v) is 8.78. The molecule has 1 aromatic rings. The number of nitrogen functional groups attached to an aromatic ring is 1. The zero-order chi connectivity index (χ0) is 20.8. The number of aromatic nitrogens is 2. The van der Waals surface area contributed by atoms with Gasteiger partial charge in [0.05, 0.1) is 18.2 Å². The number of amides is 2. The lowest BCUT2D eigenvalue weighted by Crippen LogP contribution is -2.59. The van der Waals surface area contributed by atoms with Crippen LogP contribution < -0.4 is 16.6 Å². The average molecular weight is 402 g/mol. The van der Waals surface area contributed by atoms with Gasteiger partial charge in [-0.25, -0.2) is 4.98 Å². The highest BCUT2D eigenvalue weighted by Crippen LogP contribution is 2.44. The van der Waals surface area contributed by atoms with Gasteiger partial charge in [0.25, 0.3) is 5.56 Å². The molecule has 2 fully saturated rings. The van der Waals surface area contributed by atoms with Crippen molar-refractivity contribution in [1.29, 1.82) is 0 Å². The molecule has 9 nitrogen and oxygen atoms in total. The van der Waals surface area contributed by atoms with E-state index in [0.29, 0.717) is 26.1 Å². The number of nitrogens with two attached hydrogens (primary N) is 1. The maximum Gasteiger partial charge on any atom is 0.255 e. The minimum atomic E-state index is -0.403. The number of fused-ring (bicyclic) bond motifs is 2. The number of anilines is 1. The van der Waals surface area contributed by atoms with Crippen LogP contribution in [0.15, 0.2) is 4.79 Å². The summed E-state index contributed by atoms with van der Waals surface area (Å²) in [7, 11) is 0. The van der Waals surface area contributed by atoms with Gasteiger partial charge in [0.2, 0.25) is 17.8 Å². The van der Waals surface area contributed by atoms with E-state index in [9.17, 15) is 14.4 Å². The molecule has 0 aromatic carbocycles. The standard InChI is InChI=1S/C20H30N6O3/c1-12(2)26-10-7-22-18(29)14(26)11-15(27)25-8-5-20(6-9-25)4-3-13-16(20)23-19(21)24-17(13)28/h12,14H,3-11H2,1-2H3,(H,22,29)(H3,21,23,24,28). The summed E-state index contributed by atoms with van der Waals surface area (Å²) in [4.78, 5) is 48.5. The molecule has 9 heteroatoms. The highest BCUT2D eigenvalue weighted by Gasteiger charge is 2.45. The van der Waals surface area contributed by atoms with Crippen LogP contribution >= 0.6 is 0 Å². The van der Waals surface area contributed by atoms with Crippen molar-refractivity contribution in [2.45, 2.75) is 63.5 Å². The molecule has 1 aliphatic carbocycles. The van der Waals surface area contributed by atoms with Gasteiger partial charge in [0, 0.05) is 43.2 Å². The molecule has 29 heavy (non-hydrogen) atoms. The Labute approximate surface area is 170 Å². The number of hydrogen-bond donors (Lipinski definition) is 3. The highest BCUT2D eigenvalue weighted by atomic mass is 16.2. The largest absolute Gasteiger partial charge is 0.369 e. The molecule has 0 radical (unpaired) electrons. The van der Waals surface area contributed by atoms with Crippen LogP contribution in [0, 0.1) is 0 Å². The number of aromatic amines is 1. The molecule has 1 aromatic heterocycles. The monoisotopic (exact) mass is 402 g/mol. The van der Waals surface area contributed by atoms with E-state index in [0.717, 1.165) is 37.1 Å². The van der Waals surface area contributed by atoms with Crippen molar-refractivity contribution in [2.24, 2.45) is 0 Å². The smallest absolute Gasteiger partial charge is 0.255 e. The second-order valence-electron chi connectivity index (χ2n) is 8.78. The van der Waals surface area contributed by atoms with E-state index in [1.165, 1.54) is 0 Å². The van der Waals surface area contributed by atoms with Gasteiger partial charge in [-0.1, -0.05) is 0 Å². The number of carbonyl (C=O) groups excluding carboxylic acids is 2. The van der Waals surface area contributed by atoms with E-state index in [-0.39, 0.29) is 41.2 Å². The number of piperidine rings is 1. The number of nitrogens with one attached hydrogen (secondary N) is 2. The number of H-pyrrole nitrogens is 1. The number of likely N-dealkylation sites (tertiary alicyclic amines) is 1.